The van der Waals surface area contributed by atoms with E-state index in [-0.39, 0.29) is 23.8 Å². The van der Waals surface area contributed by atoms with E-state index < -0.39 is 0 Å². The monoisotopic (exact) mass is 435 g/mol. The van der Waals surface area contributed by atoms with Gasteiger partial charge in [-0.25, -0.2) is 5.43 Å². The van der Waals surface area contributed by atoms with Gasteiger partial charge in [-0.1, -0.05) is 29.8 Å². The SMILES string of the molecule is Cc1cccc(/C=N/Nc2nc(N3CCOCC3)c3oc(C(=O)NC4CCC4)nc3n2)c1. The number of carbonyl (C=O) groups excluding carboxylic acids is 1. The van der Waals surface area contributed by atoms with Crippen molar-refractivity contribution < 1.29 is 13.9 Å². The largest absolute Gasteiger partial charge is 0.427 e. The Hall–Kier alpha value is -3.53. The molecule has 2 aromatic heterocycles. The van der Waals surface area contributed by atoms with Gasteiger partial charge in [-0.3, -0.25) is 4.79 Å². The lowest BCUT2D eigenvalue weighted by molar-refractivity contribution is 0.0883. The molecule has 3 heterocycles. The molecule has 0 spiro atoms. The molecule has 2 fully saturated rings. The Morgan fingerprint density at radius 1 is 1.22 bits per heavy atom. The molecular weight excluding hydrogens is 410 g/mol. The quantitative estimate of drug-likeness (QED) is 0.448. The van der Waals surface area contributed by atoms with E-state index in [1.165, 1.54) is 0 Å². The second-order valence-electron chi connectivity index (χ2n) is 8.03. The summed E-state index contributed by atoms with van der Waals surface area (Å²) in [5.41, 5.74) is 5.69. The third-order valence-electron chi connectivity index (χ3n) is 5.60. The van der Waals surface area contributed by atoms with Crippen LogP contribution in [0, 0.1) is 6.92 Å². The van der Waals surface area contributed by atoms with Crippen LogP contribution in [0.1, 0.15) is 41.1 Å². The Kier molecular flexibility index (Phi) is 5.68. The van der Waals surface area contributed by atoms with E-state index in [1.807, 2.05) is 36.1 Å². The van der Waals surface area contributed by atoms with Crippen LogP contribution in [0.25, 0.3) is 11.2 Å². The molecular formula is C22H25N7O3. The number of hydrazone groups is 1. The molecule has 166 valence electrons. The summed E-state index contributed by atoms with van der Waals surface area (Å²) in [5.74, 6) is 0.521. The first-order chi connectivity index (χ1) is 15.7. The van der Waals surface area contributed by atoms with Crippen LogP contribution >= 0.6 is 0 Å². The number of aromatic nitrogens is 3. The number of ether oxygens (including phenoxy) is 1. The van der Waals surface area contributed by atoms with Crippen LogP contribution in [-0.4, -0.2) is 59.4 Å². The average Bonchev–Trinajstić information content (AvgIpc) is 3.21. The number of anilines is 2. The van der Waals surface area contributed by atoms with Crippen LogP contribution in [-0.2, 0) is 4.74 Å². The first kappa shape index (κ1) is 20.4. The first-order valence-electron chi connectivity index (χ1n) is 10.8. The van der Waals surface area contributed by atoms with Gasteiger partial charge in [0.15, 0.2) is 5.82 Å². The van der Waals surface area contributed by atoms with Crippen molar-refractivity contribution in [3.05, 3.63) is 41.3 Å². The summed E-state index contributed by atoms with van der Waals surface area (Å²) in [7, 11) is 0. The Morgan fingerprint density at radius 2 is 2.06 bits per heavy atom. The van der Waals surface area contributed by atoms with Gasteiger partial charge < -0.3 is 19.4 Å². The Bertz CT molecular complexity index is 1150. The minimum Gasteiger partial charge on any atom is -0.427 e. The number of hydrogen-bond donors (Lipinski definition) is 2. The number of amides is 1. The van der Waals surface area contributed by atoms with E-state index >= 15 is 0 Å². The number of rotatable bonds is 6. The van der Waals surface area contributed by atoms with Gasteiger partial charge in [-0.2, -0.15) is 20.1 Å². The highest BCUT2D eigenvalue weighted by atomic mass is 16.5. The van der Waals surface area contributed by atoms with Crippen LogP contribution in [0.3, 0.4) is 0 Å². The molecule has 0 radical (unpaired) electrons. The molecule has 1 saturated heterocycles. The van der Waals surface area contributed by atoms with E-state index in [2.05, 4.69) is 30.8 Å². The molecule has 10 heteroatoms. The van der Waals surface area contributed by atoms with E-state index in [1.54, 1.807) is 6.21 Å². The van der Waals surface area contributed by atoms with Crippen molar-refractivity contribution in [3.63, 3.8) is 0 Å². The van der Waals surface area contributed by atoms with Gasteiger partial charge >= 0.3 is 5.91 Å². The average molecular weight is 435 g/mol. The Balaban J connectivity index is 1.43. The molecule has 2 aliphatic rings. The maximum absolute atomic E-state index is 12.6. The van der Waals surface area contributed by atoms with Crippen LogP contribution in [0.15, 0.2) is 33.8 Å². The molecule has 1 aromatic carbocycles. The van der Waals surface area contributed by atoms with Crippen molar-refractivity contribution in [2.75, 3.05) is 36.6 Å². The summed E-state index contributed by atoms with van der Waals surface area (Å²) in [6.45, 7) is 4.51. The van der Waals surface area contributed by atoms with Crippen molar-refractivity contribution in [3.8, 4) is 0 Å². The second-order valence-corrected chi connectivity index (χ2v) is 8.03. The number of carbonyl (C=O) groups is 1. The fraction of sp³-hybridized carbons (Fsp3) is 0.409. The minimum absolute atomic E-state index is 0.00359. The number of benzene rings is 1. The lowest BCUT2D eigenvalue weighted by atomic mass is 9.93. The molecule has 5 rings (SSSR count). The van der Waals surface area contributed by atoms with Crippen molar-refractivity contribution in [1.82, 2.24) is 20.3 Å². The van der Waals surface area contributed by atoms with Gasteiger partial charge in [-0.15, -0.1) is 0 Å². The number of hydrogen-bond acceptors (Lipinski definition) is 9. The molecule has 32 heavy (non-hydrogen) atoms. The minimum atomic E-state index is -0.326. The van der Waals surface area contributed by atoms with Crippen LogP contribution in [0.5, 0.6) is 0 Å². The smallest absolute Gasteiger partial charge is 0.307 e. The topological polar surface area (TPSA) is 118 Å². The summed E-state index contributed by atoms with van der Waals surface area (Å²) >= 11 is 0. The van der Waals surface area contributed by atoms with E-state index in [4.69, 9.17) is 9.15 Å². The maximum Gasteiger partial charge on any atom is 0.307 e. The predicted octanol–water partition coefficient (Wildman–Crippen LogP) is 2.49. The van der Waals surface area contributed by atoms with Gasteiger partial charge in [0.1, 0.15) is 0 Å². The third-order valence-corrected chi connectivity index (χ3v) is 5.60. The van der Waals surface area contributed by atoms with Crippen molar-refractivity contribution in [1.29, 1.82) is 0 Å². The van der Waals surface area contributed by atoms with Crippen LogP contribution in [0.4, 0.5) is 11.8 Å². The predicted molar refractivity (Wildman–Crippen MR) is 120 cm³/mol. The standard InChI is InChI=1S/C22H25N7O3/c1-14-4-2-5-15(12-14)13-23-28-22-26-18-17(19(27-22)29-8-10-31-11-9-29)32-21(25-18)20(30)24-16-6-3-7-16/h2,4-5,12-13,16H,3,6-11H2,1H3,(H,24,30)(H,26,27,28)/b23-13+. The van der Waals surface area contributed by atoms with Crippen LogP contribution in [0.2, 0.25) is 0 Å². The molecule has 2 N–H and O–H groups in total. The fourth-order valence-electron chi connectivity index (χ4n) is 3.66. The lowest BCUT2D eigenvalue weighted by Gasteiger charge is -2.27. The third kappa shape index (κ3) is 4.40. The number of morpholine rings is 1. The zero-order valence-electron chi connectivity index (χ0n) is 17.9. The summed E-state index contributed by atoms with van der Waals surface area (Å²) in [4.78, 5) is 28.0. The molecule has 10 nitrogen and oxygen atoms in total. The van der Waals surface area contributed by atoms with Crippen molar-refractivity contribution in [2.45, 2.75) is 32.2 Å². The van der Waals surface area contributed by atoms with Crippen molar-refractivity contribution in [2.24, 2.45) is 5.10 Å². The van der Waals surface area contributed by atoms with E-state index in [0.29, 0.717) is 43.4 Å². The first-order valence-corrected chi connectivity index (χ1v) is 10.8. The highest BCUT2D eigenvalue weighted by Crippen LogP contribution is 2.27. The van der Waals surface area contributed by atoms with Gasteiger partial charge in [0.2, 0.25) is 17.2 Å². The molecule has 0 unspecified atom stereocenters. The highest BCUT2D eigenvalue weighted by molar-refractivity contribution is 5.94. The lowest BCUT2D eigenvalue weighted by Crippen LogP contribution is -2.39. The summed E-state index contributed by atoms with van der Waals surface area (Å²) < 4.78 is 11.3. The summed E-state index contributed by atoms with van der Waals surface area (Å²) in [6.07, 6.45) is 4.80. The molecule has 1 saturated carbocycles. The molecule has 0 atom stereocenters. The van der Waals surface area contributed by atoms with Gasteiger partial charge in [0.25, 0.3) is 5.89 Å². The zero-order chi connectivity index (χ0) is 21.9. The summed E-state index contributed by atoms with van der Waals surface area (Å²) in [5, 5.41) is 7.21. The van der Waals surface area contributed by atoms with Crippen LogP contribution < -0.4 is 15.6 Å². The Labute approximate surface area is 185 Å². The van der Waals surface area contributed by atoms with Gasteiger partial charge in [0, 0.05) is 19.1 Å². The molecule has 1 aliphatic heterocycles. The highest BCUT2D eigenvalue weighted by Gasteiger charge is 2.26. The molecule has 0 bridgehead atoms. The van der Waals surface area contributed by atoms with E-state index in [0.717, 1.165) is 30.4 Å². The van der Waals surface area contributed by atoms with Gasteiger partial charge in [-0.05, 0) is 31.7 Å². The second kappa shape index (κ2) is 8.91. The Morgan fingerprint density at radius 3 is 2.81 bits per heavy atom. The fourth-order valence-corrected chi connectivity index (χ4v) is 3.66. The number of nitrogens with zero attached hydrogens (tertiary/aromatic N) is 5. The normalized spacial score (nSPS) is 17.0. The number of nitrogens with one attached hydrogen (secondary N) is 2. The number of oxazole rings is 1. The molecule has 1 aliphatic carbocycles. The van der Waals surface area contributed by atoms with E-state index in [9.17, 15) is 4.79 Å². The number of fused-ring (bicyclic) bond motifs is 1. The summed E-state index contributed by atoms with van der Waals surface area (Å²) in [6, 6.07) is 8.18. The maximum atomic E-state index is 12.6. The molecule has 1 amide bonds. The van der Waals surface area contributed by atoms with Gasteiger partial charge in [0.05, 0.1) is 19.4 Å². The molecule has 3 aromatic rings. The number of aryl methyl sites for hydroxylation is 1. The van der Waals surface area contributed by atoms with Crippen molar-refractivity contribution >= 4 is 35.1 Å². The zero-order valence-corrected chi connectivity index (χ0v) is 17.9.